The van der Waals surface area contributed by atoms with E-state index in [1.54, 1.807) is 6.92 Å². The predicted octanol–water partition coefficient (Wildman–Crippen LogP) is -2.05. The lowest BCUT2D eigenvalue weighted by Gasteiger charge is -2.39. The highest BCUT2D eigenvalue weighted by Crippen LogP contribution is 2.19. The van der Waals surface area contributed by atoms with Gasteiger partial charge in [0.1, 0.15) is 12.2 Å². The fraction of sp³-hybridized carbons (Fsp3) is 0.875. The number of amides is 1. The molecule has 0 aliphatic carbocycles. The quantitative estimate of drug-likeness (QED) is 0.395. The van der Waals surface area contributed by atoms with Crippen molar-refractivity contribution in [2.75, 3.05) is 0 Å². The smallest absolute Gasteiger partial charge is 0.217 e. The topological polar surface area (TPSA) is 99.0 Å². The van der Waals surface area contributed by atoms with Crippen LogP contribution in [0.25, 0.3) is 0 Å². The average molecular weight is 205 g/mol. The molecular formula is C8H15NO5. The Balaban J connectivity index is 2.68. The van der Waals surface area contributed by atoms with Gasteiger partial charge in [-0.15, -0.1) is 0 Å². The maximum Gasteiger partial charge on any atom is 0.217 e. The molecule has 14 heavy (non-hydrogen) atoms. The van der Waals surface area contributed by atoms with Gasteiger partial charge < -0.3 is 25.4 Å². The minimum Gasteiger partial charge on any atom is -0.388 e. The molecular weight excluding hydrogens is 190 g/mol. The van der Waals surface area contributed by atoms with Crippen LogP contribution in [0.2, 0.25) is 0 Å². The molecule has 6 heteroatoms. The second-order valence-electron chi connectivity index (χ2n) is 3.44. The van der Waals surface area contributed by atoms with E-state index in [9.17, 15) is 15.0 Å². The molecule has 0 radical (unpaired) electrons. The number of aliphatic hydroxyl groups is 3. The zero-order chi connectivity index (χ0) is 10.9. The summed E-state index contributed by atoms with van der Waals surface area (Å²) in [7, 11) is 0. The fourth-order valence-corrected chi connectivity index (χ4v) is 1.48. The third kappa shape index (κ3) is 2.21. The van der Waals surface area contributed by atoms with Gasteiger partial charge >= 0.3 is 0 Å². The maximum absolute atomic E-state index is 10.8. The molecule has 5 atom stereocenters. The molecule has 1 rings (SSSR count). The van der Waals surface area contributed by atoms with Gasteiger partial charge in [0.15, 0.2) is 6.29 Å². The van der Waals surface area contributed by atoms with Gasteiger partial charge in [-0.3, -0.25) is 4.79 Å². The summed E-state index contributed by atoms with van der Waals surface area (Å²) < 4.78 is 4.91. The van der Waals surface area contributed by atoms with Crippen molar-refractivity contribution in [3.05, 3.63) is 0 Å². The lowest BCUT2D eigenvalue weighted by atomic mass is 9.97. The van der Waals surface area contributed by atoms with E-state index in [1.807, 2.05) is 0 Å². The van der Waals surface area contributed by atoms with Crippen LogP contribution in [-0.4, -0.2) is 51.9 Å². The summed E-state index contributed by atoms with van der Waals surface area (Å²) >= 11 is 0. The van der Waals surface area contributed by atoms with Crippen LogP contribution in [0.5, 0.6) is 0 Å². The first-order valence-corrected chi connectivity index (χ1v) is 4.40. The van der Waals surface area contributed by atoms with Crippen LogP contribution in [0, 0.1) is 0 Å². The largest absolute Gasteiger partial charge is 0.388 e. The Labute approximate surface area is 81.5 Å². The summed E-state index contributed by atoms with van der Waals surface area (Å²) in [4.78, 5) is 10.8. The summed E-state index contributed by atoms with van der Waals surface area (Å²) in [5.41, 5.74) is 0. The fourth-order valence-electron chi connectivity index (χ4n) is 1.48. The molecule has 1 aliphatic heterocycles. The first kappa shape index (κ1) is 11.4. The highest BCUT2D eigenvalue weighted by Gasteiger charge is 2.42. The minimum absolute atomic E-state index is 0.326. The standard InChI is InChI=1S/C8H15NO5/c1-3-5(9-4(2)10)6(11)7(12)8(13)14-3/h3,5-8,11-13H,1-2H3,(H,9,10)/t3-,5+,6+,7-,8-/m0/s1. The Bertz CT molecular complexity index is 222. The van der Waals surface area contributed by atoms with Crippen molar-refractivity contribution in [3.8, 4) is 0 Å². The molecule has 1 amide bonds. The van der Waals surface area contributed by atoms with Crippen molar-refractivity contribution in [2.24, 2.45) is 0 Å². The zero-order valence-electron chi connectivity index (χ0n) is 8.04. The Morgan fingerprint density at radius 3 is 2.36 bits per heavy atom. The van der Waals surface area contributed by atoms with Crippen LogP contribution in [0.4, 0.5) is 0 Å². The van der Waals surface area contributed by atoms with Crippen LogP contribution < -0.4 is 5.32 Å². The summed E-state index contributed by atoms with van der Waals surface area (Å²) in [5.74, 6) is -0.326. The van der Waals surface area contributed by atoms with E-state index in [0.717, 1.165) is 0 Å². The summed E-state index contributed by atoms with van der Waals surface area (Å²) in [6, 6.07) is -0.703. The number of aliphatic hydroxyl groups excluding tert-OH is 3. The van der Waals surface area contributed by atoms with Crippen LogP contribution in [0.15, 0.2) is 0 Å². The van der Waals surface area contributed by atoms with Gasteiger partial charge in [0, 0.05) is 6.92 Å². The molecule has 1 saturated heterocycles. The third-order valence-corrected chi connectivity index (χ3v) is 2.24. The van der Waals surface area contributed by atoms with E-state index in [-0.39, 0.29) is 5.91 Å². The Kier molecular flexibility index (Phi) is 3.43. The zero-order valence-corrected chi connectivity index (χ0v) is 8.04. The molecule has 4 N–H and O–H groups in total. The highest BCUT2D eigenvalue weighted by atomic mass is 16.6. The summed E-state index contributed by atoms with van der Waals surface area (Å²) in [5, 5.41) is 30.4. The van der Waals surface area contributed by atoms with Gasteiger partial charge in [0.2, 0.25) is 5.91 Å². The van der Waals surface area contributed by atoms with E-state index < -0.39 is 30.6 Å². The molecule has 0 saturated carbocycles. The van der Waals surface area contributed by atoms with Gasteiger partial charge in [-0.05, 0) is 6.92 Å². The first-order valence-electron chi connectivity index (χ1n) is 4.40. The normalized spacial score (nSPS) is 43.4. The third-order valence-electron chi connectivity index (χ3n) is 2.24. The molecule has 0 spiro atoms. The van der Waals surface area contributed by atoms with E-state index in [2.05, 4.69) is 5.32 Å². The summed E-state index contributed by atoms with van der Waals surface area (Å²) in [6.07, 6.45) is -4.59. The van der Waals surface area contributed by atoms with Gasteiger partial charge in [-0.1, -0.05) is 0 Å². The minimum atomic E-state index is -1.41. The van der Waals surface area contributed by atoms with Crippen LogP contribution >= 0.6 is 0 Å². The SMILES string of the molecule is CC(=O)N[C@H]1[C@@H](O)[C@H](O)[C@@H](O)O[C@H]1C. The van der Waals surface area contributed by atoms with E-state index in [4.69, 9.17) is 9.84 Å². The molecule has 0 unspecified atom stereocenters. The number of carbonyl (C=O) groups excluding carboxylic acids is 1. The molecule has 1 heterocycles. The number of nitrogens with one attached hydrogen (secondary N) is 1. The van der Waals surface area contributed by atoms with Gasteiger partial charge in [-0.2, -0.15) is 0 Å². The van der Waals surface area contributed by atoms with Crippen molar-refractivity contribution >= 4 is 5.91 Å². The number of hydrogen-bond donors (Lipinski definition) is 4. The molecule has 1 fully saturated rings. The molecule has 1 aliphatic rings. The monoisotopic (exact) mass is 205 g/mol. The van der Waals surface area contributed by atoms with E-state index in [1.165, 1.54) is 6.92 Å². The van der Waals surface area contributed by atoms with Gasteiger partial charge in [0.25, 0.3) is 0 Å². The van der Waals surface area contributed by atoms with Crippen molar-refractivity contribution in [1.82, 2.24) is 5.32 Å². The van der Waals surface area contributed by atoms with Gasteiger partial charge in [-0.25, -0.2) is 0 Å². The number of ether oxygens (including phenoxy) is 1. The lowest BCUT2D eigenvalue weighted by Crippen LogP contribution is -2.62. The lowest BCUT2D eigenvalue weighted by molar-refractivity contribution is -0.253. The van der Waals surface area contributed by atoms with Crippen LogP contribution in [0.3, 0.4) is 0 Å². The number of rotatable bonds is 1. The second kappa shape index (κ2) is 4.22. The Morgan fingerprint density at radius 1 is 1.29 bits per heavy atom. The Morgan fingerprint density at radius 2 is 1.86 bits per heavy atom. The number of carbonyl (C=O) groups is 1. The first-order chi connectivity index (χ1) is 6.43. The molecule has 0 aromatic heterocycles. The van der Waals surface area contributed by atoms with Gasteiger partial charge in [0.05, 0.1) is 12.1 Å². The number of hydrogen-bond acceptors (Lipinski definition) is 5. The van der Waals surface area contributed by atoms with Crippen molar-refractivity contribution in [2.45, 2.75) is 44.5 Å². The van der Waals surface area contributed by atoms with Crippen molar-refractivity contribution < 1.29 is 24.9 Å². The predicted molar refractivity (Wildman–Crippen MR) is 46.2 cm³/mol. The maximum atomic E-state index is 10.8. The van der Waals surface area contributed by atoms with Crippen LogP contribution in [0.1, 0.15) is 13.8 Å². The van der Waals surface area contributed by atoms with Crippen LogP contribution in [-0.2, 0) is 9.53 Å². The molecule has 0 aromatic carbocycles. The van der Waals surface area contributed by atoms with E-state index in [0.29, 0.717) is 0 Å². The second-order valence-corrected chi connectivity index (χ2v) is 3.44. The summed E-state index contributed by atoms with van der Waals surface area (Å²) in [6.45, 7) is 2.90. The molecule has 82 valence electrons. The van der Waals surface area contributed by atoms with E-state index >= 15 is 0 Å². The van der Waals surface area contributed by atoms with Crippen molar-refractivity contribution in [1.29, 1.82) is 0 Å². The average Bonchev–Trinajstić information content (AvgIpc) is 2.09. The highest BCUT2D eigenvalue weighted by molar-refractivity contribution is 5.73. The molecule has 0 aromatic rings. The van der Waals surface area contributed by atoms with Crippen molar-refractivity contribution in [3.63, 3.8) is 0 Å². The molecule has 0 bridgehead atoms. The molecule has 6 nitrogen and oxygen atoms in total. The Hall–Kier alpha value is -0.690.